The second-order valence-electron chi connectivity index (χ2n) is 7.84. The summed E-state index contributed by atoms with van der Waals surface area (Å²) in [6.45, 7) is 6.23. The number of aliphatic hydroxyl groups excluding tert-OH is 1. The first-order valence-corrected chi connectivity index (χ1v) is 10.2. The van der Waals surface area contributed by atoms with Gasteiger partial charge in [-0.05, 0) is 49.8 Å². The van der Waals surface area contributed by atoms with Gasteiger partial charge in [0.2, 0.25) is 0 Å². The fourth-order valence-corrected chi connectivity index (χ4v) is 3.34. The molecule has 1 aromatic rings. The summed E-state index contributed by atoms with van der Waals surface area (Å²) in [6, 6.07) is 5.88. The molecule has 2 rings (SSSR count). The van der Waals surface area contributed by atoms with Crippen molar-refractivity contribution in [2.75, 3.05) is 0 Å². The van der Waals surface area contributed by atoms with Crippen LogP contribution in [0.5, 0.6) is 0 Å². The van der Waals surface area contributed by atoms with Crippen LogP contribution >= 0.6 is 0 Å². The number of hydrogen-bond acceptors (Lipinski definition) is 4. The Labute approximate surface area is 169 Å². The first kappa shape index (κ1) is 22.1. The lowest BCUT2D eigenvalue weighted by Crippen LogP contribution is -2.28. The van der Waals surface area contributed by atoms with Crippen LogP contribution in [0.25, 0.3) is 0 Å². The van der Waals surface area contributed by atoms with E-state index >= 15 is 0 Å². The minimum Gasteiger partial charge on any atom is -0.457 e. The van der Waals surface area contributed by atoms with Gasteiger partial charge in [0.1, 0.15) is 6.10 Å². The van der Waals surface area contributed by atoms with Crippen molar-refractivity contribution in [1.29, 1.82) is 0 Å². The third-order valence-corrected chi connectivity index (χ3v) is 5.11. The molecule has 4 atom stereocenters. The van der Waals surface area contributed by atoms with Gasteiger partial charge in [-0.2, -0.15) is 0 Å². The van der Waals surface area contributed by atoms with E-state index in [-0.39, 0.29) is 24.4 Å². The van der Waals surface area contributed by atoms with Crippen molar-refractivity contribution >= 4 is 5.97 Å². The fourth-order valence-electron chi connectivity index (χ4n) is 3.34. The number of hydrogen-bond donors (Lipinski definition) is 1. The second kappa shape index (κ2) is 11.6. The Balaban J connectivity index is 2.08. The molecular weight excluding hydrogens is 350 g/mol. The van der Waals surface area contributed by atoms with Crippen LogP contribution in [0.1, 0.15) is 52.1 Å². The van der Waals surface area contributed by atoms with Crippen LogP contribution < -0.4 is 0 Å². The average Bonchev–Trinajstić information content (AvgIpc) is 2.67. The minimum absolute atomic E-state index is 0.0580. The Hall–Kier alpha value is -2.20. The normalized spacial score (nSPS) is 29.0. The maximum absolute atomic E-state index is 12.3. The summed E-state index contributed by atoms with van der Waals surface area (Å²) >= 11 is 0. The lowest BCUT2D eigenvalue weighted by Gasteiger charge is -2.24. The molecule has 4 nitrogen and oxygen atoms in total. The molecule has 4 heteroatoms. The molecule has 0 unspecified atom stereocenters. The summed E-state index contributed by atoms with van der Waals surface area (Å²) < 4.78 is 5.75. The van der Waals surface area contributed by atoms with Crippen molar-refractivity contribution in [2.24, 2.45) is 11.8 Å². The summed E-state index contributed by atoms with van der Waals surface area (Å²) in [7, 11) is 0. The Bertz CT molecular complexity index is 693. The van der Waals surface area contributed by atoms with Crippen LogP contribution in [-0.2, 0) is 16.0 Å². The summed E-state index contributed by atoms with van der Waals surface area (Å²) in [5.41, 5.74) is 2.00. The molecule has 0 radical (unpaired) electrons. The van der Waals surface area contributed by atoms with E-state index in [1.54, 1.807) is 6.20 Å². The highest BCUT2D eigenvalue weighted by Crippen LogP contribution is 2.22. The zero-order chi connectivity index (χ0) is 20.4. The Morgan fingerprint density at radius 3 is 2.89 bits per heavy atom. The van der Waals surface area contributed by atoms with Crippen LogP contribution in [0, 0.1) is 11.8 Å². The number of aromatic nitrogens is 1. The van der Waals surface area contributed by atoms with Gasteiger partial charge in [-0.1, -0.05) is 50.3 Å². The molecule has 0 amide bonds. The van der Waals surface area contributed by atoms with Crippen LogP contribution in [-0.4, -0.2) is 28.3 Å². The molecule has 1 aliphatic rings. The maximum Gasteiger partial charge on any atom is 0.309 e. The van der Waals surface area contributed by atoms with Crippen LogP contribution in [0.4, 0.5) is 0 Å². The van der Waals surface area contributed by atoms with Gasteiger partial charge in [-0.3, -0.25) is 9.78 Å². The molecule has 152 valence electrons. The van der Waals surface area contributed by atoms with E-state index in [1.165, 1.54) is 0 Å². The lowest BCUT2D eigenvalue weighted by atomic mass is 9.93. The molecule has 1 N–H and O–H groups in total. The van der Waals surface area contributed by atoms with Crippen molar-refractivity contribution in [3.8, 4) is 0 Å². The Morgan fingerprint density at radius 1 is 1.32 bits per heavy atom. The molecule has 1 aromatic heterocycles. The third kappa shape index (κ3) is 7.81. The fraction of sp³-hybridized carbons (Fsp3) is 0.500. The number of carbonyl (C=O) groups excluding carboxylic acids is 1. The summed E-state index contributed by atoms with van der Waals surface area (Å²) in [4.78, 5) is 16.6. The molecule has 0 fully saturated rings. The monoisotopic (exact) mass is 383 g/mol. The van der Waals surface area contributed by atoms with E-state index in [9.17, 15) is 9.90 Å². The molecular formula is C24H33NO3. The minimum atomic E-state index is -0.628. The van der Waals surface area contributed by atoms with Crippen LogP contribution in [0.3, 0.4) is 0 Å². The lowest BCUT2D eigenvalue weighted by molar-refractivity contribution is -0.151. The average molecular weight is 384 g/mol. The van der Waals surface area contributed by atoms with Crippen LogP contribution in [0.15, 0.2) is 60.3 Å². The van der Waals surface area contributed by atoms with Crippen molar-refractivity contribution in [3.05, 3.63) is 66.0 Å². The molecule has 0 aromatic carbocycles. The Kier molecular flexibility index (Phi) is 9.15. The summed E-state index contributed by atoms with van der Waals surface area (Å²) in [6.07, 6.45) is 14.5. The first-order chi connectivity index (χ1) is 13.5. The Morgan fingerprint density at radius 2 is 2.14 bits per heavy atom. The second-order valence-corrected chi connectivity index (χ2v) is 7.84. The van der Waals surface area contributed by atoms with Crippen molar-refractivity contribution < 1.29 is 14.6 Å². The highest BCUT2D eigenvalue weighted by molar-refractivity contribution is 5.70. The molecule has 0 spiro atoms. The van der Waals surface area contributed by atoms with Gasteiger partial charge >= 0.3 is 5.97 Å². The number of allylic oxidation sites excluding steroid dienone is 4. The molecule has 0 aliphatic carbocycles. The molecule has 28 heavy (non-hydrogen) atoms. The van der Waals surface area contributed by atoms with Gasteiger partial charge in [0, 0.05) is 24.2 Å². The molecule has 0 saturated heterocycles. The highest BCUT2D eigenvalue weighted by Gasteiger charge is 2.23. The molecule has 0 bridgehead atoms. The van der Waals surface area contributed by atoms with Gasteiger partial charge in [-0.25, -0.2) is 0 Å². The van der Waals surface area contributed by atoms with E-state index in [2.05, 4.69) is 37.1 Å². The van der Waals surface area contributed by atoms with Gasteiger partial charge in [-0.15, -0.1) is 0 Å². The zero-order valence-electron chi connectivity index (χ0n) is 17.3. The third-order valence-electron chi connectivity index (χ3n) is 5.11. The smallest absolute Gasteiger partial charge is 0.309 e. The van der Waals surface area contributed by atoms with Crippen molar-refractivity contribution in [3.63, 3.8) is 0 Å². The van der Waals surface area contributed by atoms with E-state index in [0.29, 0.717) is 12.3 Å². The van der Waals surface area contributed by atoms with Gasteiger partial charge < -0.3 is 9.84 Å². The summed E-state index contributed by atoms with van der Waals surface area (Å²) in [5, 5.41) is 10.1. The standard InChI is InChI=1S/C24H33NO3/c1-18-9-8-11-20(3)24(28-23(27)17-22(26)15-14-18)19(2)10-4-5-12-21-13-6-7-16-25-21/h4-8,10-11,13,16,18,20,22,24,26H,9,12,14-15,17H2,1-3H3/b5-4+,11-8+,19-10+/t18-,20+,22-,24-/m1/s1. The largest absolute Gasteiger partial charge is 0.457 e. The number of esters is 1. The predicted molar refractivity (Wildman–Crippen MR) is 113 cm³/mol. The number of carbonyl (C=O) groups is 1. The van der Waals surface area contributed by atoms with Crippen molar-refractivity contribution in [2.45, 2.75) is 65.1 Å². The highest BCUT2D eigenvalue weighted by atomic mass is 16.5. The quantitative estimate of drug-likeness (QED) is 0.461. The number of aliphatic hydroxyl groups is 1. The van der Waals surface area contributed by atoms with E-state index < -0.39 is 6.10 Å². The number of nitrogens with zero attached hydrogens (tertiary/aromatic N) is 1. The van der Waals surface area contributed by atoms with Gasteiger partial charge in [0.05, 0.1) is 12.5 Å². The topological polar surface area (TPSA) is 59.4 Å². The molecule has 0 saturated carbocycles. The number of ether oxygens (including phenoxy) is 1. The molecule has 2 heterocycles. The maximum atomic E-state index is 12.3. The van der Waals surface area contributed by atoms with E-state index in [1.807, 2.05) is 37.3 Å². The molecule has 1 aliphatic heterocycles. The van der Waals surface area contributed by atoms with Gasteiger partial charge in [0.15, 0.2) is 0 Å². The number of pyridine rings is 1. The number of rotatable bonds is 4. The summed E-state index contributed by atoms with van der Waals surface area (Å²) in [5.74, 6) is 0.238. The predicted octanol–water partition coefficient (Wildman–Crippen LogP) is 4.80. The van der Waals surface area contributed by atoms with Crippen molar-refractivity contribution in [1.82, 2.24) is 4.98 Å². The van der Waals surface area contributed by atoms with E-state index in [4.69, 9.17) is 4.74 Å². The zero-order valence-corrected chi connectivity index (χ0v) is 17.3. The van der Waals surface area contributed by atoms with Crippen LogP contribution in [0.2, 0.25) is 0 Å². The first-order valence-electron chi connectivity index (χ1n) is 10.2. The van der Waals surface area contributed by atoms with Gasteiger partial charge in [0.25, 0.3) is 0 Å². The number of cyclic esters (lactones) is 1. The SMILES string of the molecule is C/C(=C\C=C\Cc1ccccn1)[C@H]1OC(=O)C[C@H](O)CC[C@H](C)C/C=C/[C@@H]1C. The van der Waals surface area contributed by atoms with E-state index in [0.717, 1.165) is 30.5 Å².